The molecule has 9 nitrogen and oxygen atoms in total. The number of amides is 4. The van der Waals surface area contributed by atoms with Gasteiger partial charge in [-0.25, -0.2) is 4.39 Å². The van der Waals surface area contributed by atoms with Gasteiger partial charge in [-0.05, 0) is 36.4 Å². The van der Waals surface area contributed by atoms with Crippen LogP contribution in [-0.2, 0) is 16.1 Å². The van der Waals surface area contributed by atoms with Crippen molar-refractivity contribution in [1.29, 1.82) is 0 Å². The minimum absolute atomic E-state index is 0.0556. The zero-order valence-electron chi connectivity index (χ0n) is 16.5. The van der Waals surface area contributed by atoms with Gasteiger partial charge in [-0.15, -0.1) is 10.2 Å². The summed E-state index contributed by atoms with van der Waals surface area (Å²) in [5, 5.41) is 13.5. The van der Waals surface area contributed by atoms with Gasteiger partial charge in [0, 0.05) is 18.5 Å². The molecule has 1 aliphatic rings. The van der Waals surface area contributed by atoms with Gasteiger partial charge in [-0.3, -0.25) is 24.1 Å². The lowest BCUT2D eigenvalue weighted by molar-refractivity contribution is -0.121. The van der Waals surface area contributed by atoms with E-state index in [1.807, 2.05) is 0 Å². The lowest BCUT2D eigenvalue weighted by Gasteiger charge is -2.10. The Morgan fingerprint density at radius 2 is 1.47 bits per heavy atom. The third-order valence-electron chi connectivity index (χ3n) is 4.59. The molecule has 3 aromatic rings. The highest BCUT2D eigenvalue weighted by Crippen LogP contribution is 2.26. The normalized spacial score (nSPS) is 12.6. The Balaban J connectivity index is 1.27. The van der Waals surface area contributed by atoms with Crippen LogP contribution in [0.25, 0.3) is 0 Å². The zero-order chi connectivity index (χ0) is 22.7. The van der Waals surface area contributed by atoms with Gasteiger partial charge in [0.2, 0.25) is 16.9 Å². The fraction of sp³-hybridized carbons (Fsp3) is 0.143. The predicted molar refractivity (Wildman–Crippen MR) is 113 cm³/mol. The number of hydrogen-bond acceptors (Lipinski definition) is 7. The largest absolute Gasteiger partial charge is 0.326 e. The molecule has 0 fully saturated rings. The molecule has 4 rings (SSSR count). The molecule has 0 saturated heterocycles. The van der Waals surface area contributed by atoms with E-state index in [4.69, 9.17) is 0 Å². The first-order valence-corrected chi connectivity index (χ1v) is 10.4. The molecule has 0 radical (unpaired) electrons. The van der Waals surface area contributed by atoms with E-state index >= 15 is 0 Å². The molecule has 162 valence electrons. The number of carbonyl (C=O) groups excluding carboxylic acids is 4. The minimum Gasteiger partial charge on any atom is -0.326 e. The Labute approximate surface area is 185 Å². The van der Waals surface area contributed by atoms with Crippen molar-refractivity contribution in [3.63, 3.8) is 0 Å². The second-order valence-corrected chi connectivity index (χ2v) is 7.91. The first-order valence-electron chi connectivity index (χ1n) is 9.53. The van der Waals surface area contributed by atoms with Gasteiger partial charge in [0.25, 0.3) is 11.8 Å². The van der Waals surface area contributed by atoms with Crippen LogP contribution in [0.3, 0.4) is 0 Å². The SMILES string of the molecule is O=C(CCC(=O)Nc1nnc(CN2C(=O)c3ccccc3C2=O)s1)Nc1ccc(F)cc1. The quantitative estimate of drug-likeness (QED) is 0.531. The van der Waals surface area contributed by atoms with E-state index < -0.39 is 29.4 Å². The van der Waals surface area contributed by atoms with E-state index in [0.717, 1.165) is 16.2 Å². The number of nitrogens with zero attached hydrogens (tertiary/aromatic N) is 3. The molecule has 1 aliphatic heterocycles. The lowest BCUT2D eigenvalue weighted by atomic mass is 10.1. The second-order valence-electron chi connectivity index (χ2n) is 6.85. The van der Waals surface area contributed by atoms with Crippen LogP contribution >= 0.6 is 11.3 Å². The van der Waals surface area contributed by atoms with Gasteiger partial charge in [0.1, 0.15) is 10.8 Å². The molecule has 32 heavy (non-hydrogen) atoms. The molecule has 0 atom stereocenters. The maximum absolute atomic E-state index is 12.9. The van der Waals surface area contributed by atoms with Crippen LogP contribution in [0.15, 0.2) is 48.5 Å². The Morgan fingerprint density at radius 3 is 2.09 bits per heavy atom. The molecule has 1 aromatic heterocycles. The van der Waals surface area contributed by atoms with Crippen molar-refractivity contribution in [1.82, 2.24) is 15.1 Å². The molecule has 0 aliphatic carbocycles. The molecule has 11 heteroatoms. The molecular weight excluding hydrogens is 437 g/mol. The van der Waals surface area contributed by atoms with E-state index in [1.165, 1.54) is 24.3 Å². The molecule has 0 spiro atoms. The summed E-state index contributed by atoms with van der Waals surface area (Å²) in [4.78, 5) is 50.0. The summed E-state index contributed by atoms with van der Waals surface area (Å²) in [7, 11) is 0. The number of halogens is 1. The summed E-state index contributed by atoms with van der Waals surface area (Å²) in [6.07, 6.45) is -0.176. The number of benzene rings is 2. The number of carbonyl (C=O) groups is 4. The van der Waals surface area contributed by atoms with Crippen LogP contribution in [0.2, 0.25) is 0 Å². The average molecular weight is 453 g/mol. The van der Waals surface area contributed by atoms with Crippen molar-refractivity contribution in [2.45, 2.75) is 19.4 Å². The minimum atomic E-state index is -0.442. The standard InChI is InChI=1S/C21H16FN5O4S/c22-12-5-7-13(8-6-12)23-16(28)9-10-17(29)24-21-26-25-18(32-21)11-27-19(30)14-3-1-2-4-15(14)20(27)31/h1-8H,9-11H2,(H,23,28)(H,24,26,29). The highest BCUT2D eigenvalue weighted by atomic mass is 32.1. The monoisotopic (exact) mass is 453 g/mol. The first-order chi connectivity index (χ1) is 15.4. The maximum Gasteiger partial charge on any atom is 0.261 e. The van der Waals surface area contributed by atoms with Crippen LogP contribution in [0.4, 0.5) is 15.2 Å². The fourth-order valence-corrected chi connectivity index (χ4v) is 3.80. The van der Waals surface area contributed by atoms with Gasteiger partial charge in [-0.1, -0.05) is 23.5 Å². The van der Waals surface area contributed by atoms with Gasteiger partial charge in [0.15, 0.2) is 0 Å². The van der Waals surface area contributed by atoms with E-state index in [2.05, 4.69) is 20.8 Å². The van der Waals surface area contributed by atoms with Gasteiger partial charge in [0.05, 0.1) is 17.7 Å². The van der Waals surface area contributed by atoms with Crippen LogP contribution in [0.5, 0.6) is 0 Å². The van der Waals surface area contributed by atoms with Crippen molar-refractivity contribution >= 4 is 45.8 Å². The van der Waals surface area contributed by atoms with Crippen molar-refractivity contribution in [3.05, 3.63) is 70.5 Å². The summed E-state index contributed by atoms with van der Waals surface area (Å²) in [6, 6.07) is 11.8. The molecule has 0 bridgehead atoms. The van der Waals surface area contributed by atoms with Crippen LogP contribution < -0.4 is 10.6 Å². The highest BCUT2D eigenvalue weighted by Gasteiger charge is 2.35. The number of aromatic nitrogens is 2. The predicted octanol–water partition coefficient (Wildman–Crippen LogP) is 2.83. The number of fused-ring (bicyclic) bond motifs is 1. The molecule has 2 heterocycles. The summed E-state index contributed by atoms with van der Waals surface area (Å²) >= 11 is 1.03. The molecule has 0 saturated carbocycles. The summed E-state index contributed by atoms with van der Waals surface area (Å²) in [5.74, 6) is -2.06. The maximum atomic E-state index is 12.9. The number of rotatable bonds is 7. The lowest BCUT2D eigenvalue weighted by Crippen LogP contribution is -2.29. The smallest absolute Gasteiger partial charge is 0.261 e. The number of hydrogen-bond donors (Lipinski definition) is 2. The van der Waals surface area contributed by atoms with E-state index in [0.29, 0.717) is 21.8 Å². The van der Waals surface area contributed by atoms with Crippen LogP contribution in [0, 0.1) is 5.82 Å². The third-order valence-corrected chi connectivity index (χ3v) is 5.42. The van der Waals surface area contributed by atoms with Gasteiger partial charge < -0.3 is 10.6 Å². The Kier molecular flexibility index (Phi) is 5.99. The average Bonchev–Trinajstić information content (AvgIpc) is 3.32. The van der Waals surface area contributed by atoms with Crippen LogP contribution in [-0.4, -0.2) is 38.7 Å². The third kappa shape index (κ3) is 4.67. The van der Waals surface area contributed by atoms with Crippen LogP contribution in [0.1, 0.15) is 38.6 Å². The highest BCUT2D eigenvalue weighted by molar-refractivity contribution is 7.15. The summed E-state index contributed by atoms with van der Waals surface area (Å²) in [6.45, 7) is -0.0556. The Bertz CT molecular complexity index is 1180. The zero-order valence-corrected chi connectivity index (χ0v) is 17.3. The molecule has 4 amide bonds. The Hall–Kier alpha value is -3.99. The number of imide groups is 1. The van der Waals surface area contributed by atoms with Crippen molar-refractivity contribution < 1.29 is 23.6 Å². The number of nitrogens with one attached hydrogen (secondary N) is 2. The number of anilines is 2. The Morgan fingerprint density at radius 1 is 0.875 bits per heavy atom. The van der Waals surface area contributed by atoms with E-state index in [9.17, 15) is 23.6 Å². The first kappa shape index (κ1) is 21.2. The van der Waals surface area contributed by atoms with Crippen molar-refractivity contribution in [3.8, 4) is 0 Å². The van der Waals surface area contributed by atoms with Gasteiger partial charge >= 0.3 is 0 Å². The molecule has 0 unspecified atom stereocenters. The van der Waals surface area contributed by atoms with Crippen molar-refractivity contribution in [2.24, 2.45) is 0 Å². The van der Waals surface area contributed by atoms with Crippen molar-refractivity contribution in [2.75, 3.05) is 10.6 Å². The summed E-state index contributed by atoms with van der Waals surface area (Å²) < 4.78 is 12.9. The molecule has 2 aromatic carbocycles. The molecular formula is C21H16FN5O4S. The fourth-order valence-electron chi connectivity index (χ4n) is 3.05. The van der Waals surface area contributed by atoms with Gasteiger partial charge in [-0.2, -0.15) is 0 Å². The molecule has 2 N–H and O–H groups in total. The second kappa shape index (κ2) is 9.02. The van der Waals surface area contributed by atoms with E-state index in [1.54, 1.807) is 24.3 Å². The van der Waals surface area contributed by atoms with E-state index in [-0.39, 0.29) is 24.5 Å². The summed E-state index contributed by atoms with van der Waals surface area (Å²) in [5.41, 5.74) is 1.11. The topological polar surface area (TPSA) is 121 Å².